The molecular formula is C18H26O2Si3. The predicted octanol–water partition coefficient (Wildman–Crippen LogP) is 3.19. The van der Waals surface area contributed by atoms with Crippen LogP contribution in [0.1, 0.15) is 0 Å². The highest BCUT2D eigenvalue weighted by Gasteiger charge is 2.36. The van der Waals surface area contributed by atoms with Gasteiger partial charge in [-0.05, 0) is 36.6 Å². The number of benzene rings is 2. The van der Waals surface area contributed by atoms with E-state index in [0.29, 0.717) is 0 Å². The molecule has 0 N–H and O–H groups in total. The van der Waals surface area contributed by atoms with Crippen LogP contribution in [0.2, 0.25) is 26.2 Å². The molecule has 0 amide bonds. The van der Waals surface area contributed by atoms with E-state index in [-0.39, 0.29) is 0 Å². The minimum Gasteiger partial charge on any atom is -0.433 e. The van der Waals surface area contributed by atoms with Gasteiger partial charge >= 0.3 is 8.56 Å². The molecule has 0 saturated carbocycles. The van der Waals surface area contributed by atoms with Gasteiger partial charge < -0.3 is 8.23 Å². The van der Waals surface area contributed by atoms with Gasteiger partial charge in [-0.25, -0.2) is 0 Å². The first-order valence-electron chi connectivity index (χ1n) is 7.94. The highest BCUT2D eigenvalue weighted by atomic mass is 28.5. The van der Waals surface area contributed by atoms with Crippen LogP contribution in [0.15, 0.2) is 72.9 Å². The van der Waals surface area contributed by atoms with Gasteiger partial charge in [-0.1, -0.05) is 66.4 Å². The zero-order valence-electron chi connectivity index (χ0n) is 14.5. The van der Waals surface area contributed by atoms with Crippen LogP contribution in [0, 0.1) is 0 Å². The van der Waals surface area contributed by atoms with Crippen LogP contribution in [-0.4, -0.2) is 25.9 Å². The first-order chi connectivity index (χ1) is 10.8. The van der Waals surface area contributed by atoms with Crippen molar-refractivity contribution in [2.45, 2.75) is 26.2 Å². The summed E-state index contributed by atoms with van der Waals surface area (Å²) < 4.78 is 13.1. The molecule has 2 aromatic rings. The fourth-order valence-corrected chi connectivity index (χ4v) is 13.5. The third kappa shape index (κ3) is 5.40. The zero-order valence-corrected chi connectivity index (χ0v) is 17.6. The summed E-state index contributed by atoms with van der Waals surface area (Å²) in [5.74, 6) is 0. The van der Waals surface area contributed by atoms with Crippen LogP contribution in [0.25, 0.3) is 0 Å². The highest BCUT2D eigenvalue weighted by Crippen LogP contribution is 2.17. The van der Waals surface area contributed by atoms with Crippen LogP contribution >= 0.6 is 0 Å². The van der Waals surface area contributed by atoms with E-state index in [9.17, 15) is 0 Å². The van der Waals surface area contributed by atoms with E-state index in [2.05, 4.69) is 81.3 Å². The van der Waals surface area contributed by atoms with Crippen molar-refractivity contribution in [3.05, 3.63) is 72.9 Å². The van der Waals surface area contributed by atoms with Gasteiger partial charge in [-0.15, -0.1) is 6.58 Å². The number of hydrogen-bond donors (Lipinski definition) is 0. The summed E-state index contributed by atoms with van der Waals surface area (Å²) in [6, 6.07) is 21.1. The van der Waals surface area contributed by atoms with E-state index in [1.165, 1.54) is 10.4 Å². The average Bonchev–Trinajstić information content (AvgIpc) is 2.53. The van der Waals surface area contributed by atoms with E-state index in [0.717, 1.165) is 0 Å². The highest BCUT2D eigenvalue weighted by molar-refractivity contribution is 6.91. The lowest BCUT2D eigenvalue weighted by Crippen LogP contribution is -2.55. The Labute approximate surface area is 143 Å². The van der Waals surface area contributed by atoms with E-state index in [4.69, 9.17) is 8.23 Å². The van der Waals surface area contributed by atoms with Gasteiger partial charge in [0.2, 0.25) is 9.04 Å². The fraction of sp³-hybridized carbons (Fsp3) is 0.222. The van der Waals surface area contributed by atoms with Gasteiger partial charge in [0.05, 0.1) is 0 Å². The maximum atomic E-state index is 6.69. The summed E-state index contributed by atoms with van der Waals surface area (Å²) in [5.41, 5.74) is 1.98. The molecule has 0 spiro atoms. The first kappa shape index (κ1) is 18.1. The van der Waals surface area contributed by atoms with Crippen LogP contribution in [0.5, 0.6) is 0 Å². The van der Waals surface area contributed by atoms with Gasteiger partial charge in [0.25, 0.3) is 0 Å². The Morgan fingerprint density at radius 3 is 1.65 bits per heavy atom. The van der Waals surface area contributed by atoms with Crippen molar-refractivity contribution < 1.29 is 8.23 Å². The monoisotopic (exact) mass is 358 g/mol. The Bertz CT molecular complexity index is 588. The Kier molecular flexibility index (Phi) is 5.94. The molecule has 0 aliphatic rings. The molecule has 23 heavy (non-hydrogen) atoms. The van der Waals surface area contributed by atoms with Gasteiger partial charge in [0, 0.05) is 0 Å². The molecule has 0 aliphatic carbocycles. The van der Waals surface area contributed by atoms with E-state index >= 15 is 0 Å². The van der Waals surface area contributed by atoms with Crippen LogP contribution in [0.4, 0.5) is 0 Å². The van der Waals surface area contributed by atoms with Crippen LogP contribution < -0.4 is 10.4 Å². The molecule has 0 saturated heterocycles. The lowest BCUT2D eigenvalue weighted by molar-refractivity contribution is 0.411. The molecule has 0 aromatic heterocycles. The Hall–Kier alpha value is -1.25. The molecule has 0 radical (unpaired) electrons. The van der Waals surface area contributed by atoms with E-state index in [1.54, 1.807) is 0 Å². The summed E-state index contributed by atoms with van der Waals surface area (Å²) in [7, 11) is -5.85. The van der Waals surface area contributed by atoms with E-state index in [1.807, 2.05) is 17.8 Å². The predicted molar refractivity (Wildman–Crippen MR) is 107 cm³/mol. The molecule has 0 atom stereocenters. The molecule has 5 heteroatoms. The molecular weight excluding hydrogens is 332 g/mol. The van der Waals surface area contributed by atoms with Crippen molar-refractivity contribution in [3.8, 4) is 0 Å². The molecule has 0 unspecified atom stereocenters. The molecule has 0 aliphatic heterocycles. The summed E-state index contributed by atoms with van der Waals surface area (Å²) in [4.78, 5) is 0. The lowest BCUT2D eigenvalue weighted by Gasteiger charge is -2.34. The number of rotatable bonds is 7. The van der Waals surface area contributed by atoms with Gasteiger partial charge in [-0.3, -0.25) is 0 Å². The molecule has 2 aromatic carbocycles. The summed E-state index contributed by atoms with van der Waals surface area (Å²) >= 11 is 0. The second kappa shape index (κ2) is 7.55. The largest absolute Gasteiger partial charge is 0.433 e. The van der Waals surface area contributed by atoms with E-state index < -0.39 is 25.9 Å². The van der Waals surface area contributed by atoms with Gasteiger partial charge in [0.15, 0.2) is 8.32 Å². The summed E-state index contributed by atoms with van der Waals surface area (Å²) in [5, 5.41) is 2.59. The number of hydrogen-bond acceptors (Lipinski definition) is 2. The first-order valence-corrected chi connectivity index (χ1v) is 15.4. The summed E-state index contributed by atoms with van der Waals surface area (Å²) in [6.45, 7) is 12.6. The molecule has 2 rings (SSSR count). The standard InChI is InChI=1S/C18H26O2Si3/c1-6-22(2,3)20-23(4,5)19-21(17-13-9-7-10-14-17)18-15-11-8-12-16-18/h6-16,21H,1H2,2-5H3. The van der Waals surface area contributed by atoms with Crippen molar-refractivity contribution >= 4 is 36.3 Å². The van der Waals surface area contributed by atoms with Crippen molar-refractivity contribution in [2.24, 2.45) is 0 Å². The Morgan fingerprint density at radius 1 is 0.826 bits per heavy atom. The quantitative estimate of drug-likeness (QED) is 0.708. The molecule has 2 nitrogen and oxygen atoms in total. The Balaban J connectivity index is 2.30. The minimum absolute atomic E-state index is 1.29. The topological polar surface area (TPSA) is 18.5 Å². The SMILES string of the molecule is C=C[Si](C)(C)O[Si](C)(C)O[SiH](c1ccccc1)c1ccccc1. The molecule has 122 valence electrons. The second-order valence-electron chi connectivity index (χ2n) is 6.63. The smallest absolute Gasteiger partial charge is 0.311 e. The minimum atomic E-state index is -2.24. The molecule has 0 heterocycles. The van der Waals surface area contributed by atoms with Crippen LogP contribution in [-0.2, 0) is 8.23 Å². The van der Waals surface area contributed by atoms with Crippen molar-refractivity contribution in [3.63, 3.8) is 0 Å². The van der Waals surface area contributed by atoms with Gasteiger partial charge in [0.1, 0.15) is 0 Å². The normalized spacial score (nSPS) is 12.4. The van der Waals surface area contributed by atoms with Gasteiger partial charge in [-0.2, -0.15) is 0 Å². The maximum Gasteiger partial charge on any atom is 0.311 e. The third-order valence-electron chi connectivity index (χ3n) is 3.61. The van der Waals surface area contributed by atoms with Crippen molar-refractivity contribution in [1.82, 2.24) is 0 Å². The molecule has 0 fully saturated rings. The fourth-order valence-electron chi connectivity index (χ4n) is 2.57. The van der Waals surface area contributed by atoms with Crippen LogP contribution in [0.3, 0.4) is 0 Å². The maximum absolute atomic E-state index is 6.69. The van der Waals surface area contributed by atoms with Crippen molar-refractivity contribution in [2.75, 3.05) is 0 Å². The second-order valence-corrected chi connectivity index (χ2v) is 16.9. The third-order valence-corrected chi connectivity index (χ3v) is 13.9. The Morgan fingerprint density at radius 2 is 1.26 bits per heavy atom. The molecule has 0 bridgehead atoms. The zero-order chi connectivity index (χ0) is 16.9. The average molecular weight is 359 g/mol. The van der Waals surface area contributed by atoms with Crippen molar-refractivity contribution in [1.29, 1.82) is 0 Å². The lowest BCUT2D eigenvalue weighted by atomic mass is 10.4. The summed E-state index contributed by atoms with van der Waals surface area (Å²) in [6.07, 6.45) is 0.